The maximum absolute atomic E-state index is 11.0. The van der Waals surface area contributed by atoms with Gasteiger partial charge >= 0.3 is 5.97 Å². The molecule has 0 spiro atoms. The fraction of sp³-hybridized carbons (Fsp3) is 0.400. The molecule has 0 amide bonds. The molecule has 0 fully saturated rings. The first kappa shape index (κ1) is 20.3. The number of aromatic nitrogens is 1. The molecule has 0 radical (unpaired) electrons. The van der Waals surface area contributed by atoms with Gasteiger partial charge in [-0.15, -0.1) is 11.8 Å². The van der Waals surface area contributed by atoms with E-state index in [4.69, 9.17) is 9.15 Å². The summed E-state index contributed by atoms with van der Waals surface area (Å²) in [6.45, 7) is 5.09. The minimum atomic E-state index is -0.197. The van der Waals surface area contributed by atoms with Gasteiger partial charge in [-0.1, -0.05) is 29.8 Å². The number of hydrogen-bond donors (Lipinski definition) is 0. The van der Waals surface area contributed by atoms with Crippen LogP contribution in [-0.4, -0.2) is 42.8 Å². The number of rotatable bonds is 10. The first-order chi connectivity index (χ1) is 12.6. The van der Waals surface area contributed by atoms with Crippen molar-refractivity contribution >= 4 is 17.7 Å². The van der Waals surface area contributed by atoms with Crippen molar-refractivity contribution in [1.82, 2.24) is 4.98 Å². The van der Waals surface area contributed by atoms with Crippen LogP contribution in [0.5, 0.6) is 0 Å². The van der Waals surface area contributed by atoms with Gasteiger partial charge in [0.2, 0.25) is 5.89 Å². The van der Waals surface area contributed by atoms with Gasteiger partial charge in [-0.05, 0) is 26.0 Å². The molecule has 1 heterocycles. The number of carbonyl (C=O) groups is 1. The molecule has 2 aromatic rings. The van der Waals surface area contributed by atoms with Crippen molar-refractivity contribution in [2.75, 3.05) is 31.8 Å². The van der Waals surface area contributed by atoms with Gasteiger partial charge in [-0.2, -0.15) is 0 Å². The average molecular weight is 375 g/mol. The SMILES string of the molecule is COC(=O)CSC/C(C)=C/COCCc1nc(-c2ccccc2)oc1C. The van der Waals surface area contributed by atoms with Gasteiger partial charge in [0.15, 0.2) is 0 Å². The number of hydrogen-bond acceptors (Lipinski definition) is 6. The highest BCUT2D eigenvalue weighted by Gasteiger charge is 2.10. The lowest BCUT2D eigenvalue weighted by molar-refractivity contribution is -0.137. The van der Waals surface area contributed by atoms with Crippen LogP contribution in [0.1, 0.15) is 18.4 Å². The molecule has 0 bridgehead atoms. The van der Waals surface area contributed by atoms with Gasteiger partial charge in [0, 0.05) is 17.7 Å². The van der Waals surface area contributed by atoms with Gasteiger partial charge in [-0.3, -0.25) is 4.79 Å². The lowest BCUT2D eigenvalue weighted by Crippen LogP contribution is -2.04. The van der Waals surface area contributed by atoms with Crippen molar-refractivity contribution in [3.8, 4) is 11.5 Å². The van der Waals surface area contributed by atoms with E-state index in [1.807, 2.05) is 50.3 Å². The molecule has 1 aromatic heterocycles. The zero-order valence-electron chi connectivity index (χ0n) is 15.5. The Labute approximate surface area is 158 Å². The van der Waals surface area contributed by atoms with E-state index in [1.165, 1.54) is 24.4 Å². The number of aryl methyl sites for hydroxylation is 1. The van der Waals surface area contributed by atoms with E-state index in [0.29, 0.717) is 31.3 Å². The van der Waals surface area contributed by atoms with Crippen LogP contribution in [0, 0.1) is 6.92 Å². The fourth-order valence-corrected chi connectivity index (χ4v) is 3.06. The van der Waals surface area contributed by atoms with Gasteiger partial charge < -0.3 is 13.9 Å². The first-order valence-electron chi connectivity index (χ1n) is 8.49. The quantitative estimate of drug-likeness (QED) is 0.354. The van der Waals surface area contributed by atoms with Crippen LogP contribution >= 0.6 is 11.8 Å². The summed E-state index contributed by atoms with van der Waals surface area (Å²) in [7, 11) is 1.40. The van der Waals surface area contributed by atoms with E-state index in [2.05, 4.69) is 9.72 Å². The fourth-order valence-electron chi connectivity index (χ4n) is 2.23. The van der Waals surface area contributed by atoms with Crippen LogP contribution in [0.3, 0.4) is 0 Å². The third kappa shape index (κ3) is 6.69. The maximum atomic E-state index is 11.0. The van der Waals surface area contributed by atoms with Gasteiger partial charge in [0.25, 0.3) is 0 Å². The molecular weight excluding hydrogens is 350 g/mol. The van der Waals surface area contributed by atoms with Crippen molar-refractivity contribution in [2.45, 2.75) is 20.3 Å². The molecule has 1 aromatic carbocycles. The molecule has 0 atom stereocenters. The number of thioether (sulfide) groups is 1. The van der Waals surface area contributed by atoms with Crippen molar-refractivity contribution in [3.05, 3.63) is 53.4 Å². The molecule has 0 aliphatic rings. The molecule has 140 valence electrons. The Balaban J connectivity index is 1.71. The first-order valence-corrected chi connectivity index (χ1v) is 9.65. The number of carbonyl (C=O) groups excluding carboxylic acids is 1. The summed E-state index contributed by atoms with van der Waals surface area (Å²) in [5.74, 6) is 2.45. The van der Waals surface area contributed by atoms with Crippen molar-refractivity contribution < 1.29 is 18.7 Å². The second-order valence-corrected chi connectivity index (χ2v) is 6.82. The number of nitrogens with zero attached hydrogens (tertiary/aromatic N) is 1. The van der Waals surface area contributed by atoms with Crippen LogP contribution in [0.4, 0.5) is 0 Å². The summed E-state index contributed by atoms with van der Waals surface area (Å²) >= 11 is 1.54. The zero-order valence-corrected chi connectivity index (χ0v) is 16.3. The molecule has 2 rings (SSSR count). The summed E-state index contributed by atoms with van der Waals surface area (Å²) in [5, 5.41) is 0. The third-order valence-corrected chi connectivity index (χ3v) is 4.82. The number of methoxy groups -OCH3 is 1. The number of benzene rings is 1. The Morgan fingerprint density at radius 2 is 2.04 bits per heavy atom. The zero-order chi connectivity index (χ0) is 18.8. The molecule has 0 aliphatic carbocycles. The predicted octanol–water partition coefficient (Wildman–Crippen LogP) is 4.06. The summed E-state index contributed by atoms with van der Waals surface area (Å²) in [4.78, 5) is 15.6. The monoisotopic (exact) mass is 375 g/mol. The number of oxazole rings is 1. The summed E-state index contributed by atoms with van der Waals surface area (Å²) in [6.07, 6.45) is 2.75. The van der Waals surface area contributed by atoms with E-state index >= 15 is 0 Å². The standard InChI is InChI=1S/C20H25NO4S/c1-15(13-26-14-19(22)23-3)9-11-24-12-10-18-16(2)25-20(21-18)17-7-5-4-6-8-17/h4-9H,10-14H2,1-3H3/b15-9+. The van der Waals surface area contributed by atoms with E-state index in [0.717, 1.165) is 22.8 Å². The van der Waals surface area contributed by atoms with Crippen LogP contribution < -0.4 is 0 Å². The van der Waals surface area contributed by atoms with E-state index < -0.39 is 0 Å². The smallest absolute Gasteiger partial charge is 0.315 e. The molecular formula is C20H25NO4S. The van der Waals surface area contributed by atoms with E-state index in [1.54, 1.807) is 0 Å². The molecule has 0 N–H and O–H groups in total. The summed E-state index contributed by atoms with van der Waals surface area (Å²) in [5.41, 5.74) is 3.09. The lowest BCUT2D eigenvalue weighted by atomic mass is 10.2. The van der Waals surface area contributed by atoms with E-state index in [9.17, 15) is 4.79 Å². The average Bonchev–Trinajstić information content (AvgIpc) is 3.03. The highest BCUT2D eigenvalue weighted by atomic mass is 32.2. The van der Waals surface area contributed by atoms with Crippen molar-refractivity contribution in [1.29, 1.82) is 0 Å². The summed E-state index contributed by atoms with van der Waals surface area (Å²) in [6, 6.07) is 9.87. The topological polar surface area (TPSA) is 61.6 Å². The van der Waals surface area contributed by atoms with Crippen LogP contribution in [0.2, 0.25) is 0 Å². The molecule has 0 saturated heterocycles. The second-order valence-electron chi connectivity index (χ2n) is 5.83. The minimum Gasteiger partial charge on any atom is -0.468 e. The van der Waals surface area contributed by atoms with Crippen molar-refractivity contribution in [2.24, 2.45) is 0 Å². The Kier molecular flexibility index (Phi) is 8.44. The molecule has 0 unspecified atom stereocenters. The minimum absolute atomic E-state index is 0.197. The molecule has 0 saturated carbocycles. The van der Waals surface area contributed by atoms with Crippen LogP contribution in [0.25, 0.3) is 11.5 Å². The molecule has 6 heteroatoms. The highest BCUT2D eigenvalue weighted by molar-refractivity contribution is 8.00. The van der Waals surface area contributed by atoms with Crippen LogP contribution in [-0.2, 0) is 20.7 Å². The summed E-state index contributed by atoms with van der Waals surface area (Å²) < 4.78 is 16.0. The normalized spacial score (nSPS) is 11.6. The lowest BCUT2D eigenvalue weighted by Gasteiger charge is -2.03. The largest absolute Gasteiger partial charge is 0.468 e. The number of esters is 1. The maximum Gasteiger partial charge on any atom is 0.315 e. The Bertz CT molecular complexity index is 725. The molecule has 26 heavy (non-hydrogen) atoms. The molecule has 5 nitrogen and oxygen atoms in total. The van der Waals surface area contributed by atoms with Crippen LogP contribution in [0.15, 0.2) is 46.4 Å². The molecule has 0 aliphatic heterocycles. The van der Waals surface area contributed by atoms with Crippen molar-refractivity contribution in [3.63, 3.8) is 0 Å². The Hall–Kier alpha value is -2.05. The Morgan fingerprint density at radius 3 is 2.77 bits per heavy atom. The predicted molar refractivity (Wildman–Crippen MR) is 104 cm³/mol. The van der Waals surface area contributed by atoms with E-state index in [-0.39, 0.29) is 5.97 Å². The van der Waals surface area contributed by atoms with Gasteiger partial charge in [0.1, 0.15) is 5.76 Å². The van der Waals surface area contributed by atoms with Gasteiger partial charge in [0.05, 0.1) is 31.8 Å². The Morgan fingerprint density at radius 1 is 1.27 bits per heavy atom. The highest BCUT2D eigenvalue weighted by Crippen LogP contribution is 2.21. The number of ether oxygens (including phenoxy) is 2. The third-order valence-electron chi connectivity index (χ3n) is 3.72. The second kappa shape index (κ2) is 10.8. The van der Waals surface area contributed by atoms with Gasteiger partial charge in [-0.25, -0.2) is 4.98 Å².